The first-order valence-electron chi connectivity index (χ1n) is 2.97. The highest BCUT2D eigenvalue weighted by molar-refractivity contribution is 5.73. The monoisotopic (exact) mass is 162 g/mol. The third kappa shape index (κ3) is 4.32. The first-order chi connectivity index (χ1) is 5.07. The van der Waals surface area contributed by atoms with Gasteiger partial charge in [0.25, 0.3) is 0 Å². The van der Waals surface area contributed by atoms with Gasteiger partial charge in [-0.1, -0.05) is 0 Å². The molecule has 0 bridgehead atoms. The summed E-state index contributed by atoms with van der Waals surface area (Å²) in [5.41, 5.74) is 0. The molecule has 64 valence electrons. The van der Waals surface area contributed by atoms with Gasteiger partial charge >= 0.3 is 11.9 Å². The third-order valence-electron chi connectivity index (χ3n) is 0.998. The molecule has 0 rings (SSSR count). The Labute approximate surface area is 63.9 Å². The van der Waals surface area contributed by atoms with E-state index in [1.54, 1.807) is 0 Å². The fourth-order valence-electron chi connectivity index (χ4n) is 0.433. The van der Waals surface area contributed by atoms with Crippen molar-refractivity contribution in [3.8, 4) is 0 Å². The SMILES string of the molecule is CO[C@H](COC(C)=O)C(=O)O. The summed E-state index contributed by atoms with van der Waals surface area (Å²) in [6.07, 6.45) is -1.07. The maximum Gasteiger partial charge on any atom is 0.336 e. The maximum atomic E-state index is 10.2. The van der Waals surface area contributed by atoms with Crippen LogP contribution in [0, 0.1) is 0 Å². The van der Waals surface area contributed by atoms with Crippen molar-refractivity contribution in [2.24, 2.45) is 0 Å². The molecule has 0 aliphatic heterocycles. The van der Waals surface area contributed by atoms with E-state index in [1.165, 1.54) is 14.0 Å². The number of rotatable bonds is 4. The Balaban J connectivity index is 3.70. The molecule has 0 radical (unpaired) electrons. The molecule has 11 heavy (non-hydrogen) atoms. The summed E-state index contributed by atoms with van der Waals surface area (Å²) in [5, 5.41) is 8.37. The molecule has 5 heteroatoms. The van der Waals surface area contributed by atoms with Crippen molar-refractivity contribution in [1.29, 1.82) is 0 Å². The second-order valence-electron chi connectivity index (χ2n) is 1.87. The topological polar surface area (TPSA) is 72.8 Å². The number of esters is 1. The Bertz CT molecular complexity index is 153. The summed E-state index contributed by atoms with van der Waals surface area (Å²) >= 11 is 0. The van der Waals surface area contributed by atoms with Crippen LogP contribution in [0.25, 0.3) is 0 Å². The Morgan fingerprint density at radius 3 is 2.36 bits per heavy atom. The number of carbonyl (C=O) groups excluding carboxylic acids is 1. The number of carbonyl (C=O) groups is 2. The minimum Gasteiger partial charge on any atom is -0.479 e. The summed E-state index contributed by atoms with van der Waals surface area (Å²) < 4.78 is 8.90. The van der Waals surface area contributed by atoms with Crippen LogP contribution in [0.2, 0.25) is 0 Å². The van der Waals surface area contributed by atoms with Crippen molar-refractivity contribution in [3.05, 3.63) is 0 Å². The van der Waals surface area contributed by atoms with Crippen LogP contribution in [0.4, 0.5) is 0 Å². The first-order valence-corrected chi connectivity index (χ1v) is 2.97. The van der Waals surface area contributed by atoms with Crippen LogP contribution in [0.3, 0.4) is 0 Å². The average Bonchev–Trinajstić information content (AvgIpc) is 1.87. The second-order valence-corrected chi connectivity index (χ2v) is 1.87. The van der Waals surface area contributed by atoms with Gasteiger partial charge in [0.05, 0.1) is 0 Å². The Morgan fingerprint density at radius 2 is 2.09 bits per heavy atom. The fraction of sp³-hybridized carbons (Fsp3) is 0.667. The van der Waals surface area contributed by atoms with E-state index in [4.69, 9.17) is 5.11 Å². The second kappa shape index (κ2) is 4.68. The largest absolute Gasteiger partial charge is 0.479 e. The van der Waals surface area contributed by atoms with Crippen LogP contribution in [-0.2, 0) is 19.1 Å². The first kappa shape index (κ1) is 9.90. The summed E-state index contributed by atoms with van der Waals surface area (Å²) in [4.78, 5) is 20.4. The number of hydrogen-bond acceptors (Lipinski definition) is 4. The molecule has 0 saturated carbocycles. The standard InChI is InChI=1S/C6H10O5/c1-4(7)11-3-5(10-2)6(8)9/h5H,3H2,1-2H3,(H,8,9)/t5-/m1/s1. The highest BCUT2D eigenvalue weighted by Crippen LogP contribution is 1.91. The van der Waals surface area contributed by atoms with Crippen LogP contribution in [-0.4, -0.2) is 36.9 Å². The normalized spacial score (nSPS) is 12.2. The van der Waals surface area contributed by atoms with Crippen molar-refractivity contribution in [2.45, 2.75) is 13.0 Å². The lowest BCUT2D eigenvalue weighted by Gasteiger charge is -2.08. The lowest BCUT2D eigenvalue weighted by molar-refractivity contribution is -0.157. The highest BCUT2D eigenvalue weighted by Gasteiger charge is 2.17. The van der Waals surface area contributed by atoms with Crippen molar-refractivity contribution >= 4 is 11.9 Å². The Morgan fingerprint density at radius 1 is 1.55 bits per heavy atom. The third-order valence-corrected chi connectivity index (χ3v) is 0.998. The molecule has 0 amide bonds. The number of ether oxygens (including phenoxy) is 2. The number of methoxy groups -OCH3 is 1. The van der Waals surface area contributed by atoms with Gasteiger partial charge < -0.3 is 14.6 Å². The maximum absolute atomic E-state index is 10.2. The predicted octanol–water partition coefficient (Wildman–Crippen LogP) is -0.351. The van der Waals surface area contributed by atoms with Gasteiger partial charge in [-0.25, -0.2) is 4.79 Å². The molecule has 0 aromatic heterocycles. The average molecular weight is 162 g/mol. The Hall–Kier alpha value is -1.10. The highest BCUT2D eigenvalue weighted by atomic mass is 16.6. The lowest BCUT2D eigenvalue weighted by Crippen LogP contribution is -2.28. The van der Waals surface area contributed by atoms with Gasteiger partial charge in [0.15, 0.2) is 6.10 Å². The molecule has 0 aliphatic rings. The van der Waals surface area contributed by atoms with Gasteiger partial charge in [0.1, 0.15) is 6.61 Å². The zero-order valence-electron chi connectivity index (χ0n) is 6.36. The molecule has 0 spiro atoms. The van der Waals surface area contributed by atoms with Crippen LogP contribution >= 0.6 is 0 Å². The molecular weight excluding hydrogens is 152 g/mol. The fourth-order valence-corrected chi connectivity index (χ4v) is 0.433. The van der Waals surface area contributed by atoms with E-state index in [-0.39, 0.29) is 6.61 Å². The summed E-state index contributed by atoms with van der Waals surface area (Å²) in [6.45, 7) is 0.954. The molecule has 0 fully saturated rings. The molecule has 0 aliphatic carbocycles. The van der Waals surface area contributed by atoms with E-state index in [1.807, 2.05) is 0 Å². The van der Waals surface area contributed by atoms with Crippen LogP contribution < -0.4 is 0 Å². The van der Waals surface area contributed by atoms with Crippen molar-refractivity contribution < 1.29 is 24.2 Å². The van der Waals surface area contributed by atoms with E-state index >= 15 is 0 Å². The molecule has 0 unspecified atom stereocenters. The minimum atomic E-state index is -1.14. The molecular formula is C6H10O5. The smallest absolute Gasteiger partial charge is 0.336 e. The van der Waals surface area contributed by atoms with Crippen molar-refractivity contribution in [3.63, 3.8) is 0 Å². The minimum absolute atomic E-state index is 0.249. The van der Waals surface area contributed by atoms with Gasteiger partial charge in [-0.3, -0.25) is 4.79 Å². The van der Waals surface area contributed by atoms with E-state index in [9.17, 15) is 9.59 Å². The molecule has 0 saturated heterocycles. The molecule has 0 aromatic rings. The van der Waals surface area contributed by atoms with E-state index in [0.717, 1.165) is 0 Å². The Kier molecular flexibility index (Phi) is 4.21. The zero-order chi connectivity index (χ0) is 8.85. The quantitative estimate of drug-likeness (QED) is 0.572. The van der Waals surface area contributed by atoms with E-state index in [0.29, 0.717) is 0 Å². The van der Waals surface area contributed by atoms with Gasteiger partial charge in [0.2, 0.25) is 0 Å². The predicted molar refractivity (Wildman–Crippen MR) is 35.1 cm³/mol. The zero-order valence-corrected chi connectivity index (χ0v) is 6.36. The molecule has 1 N–H and O–H groups in total. The summed E-state index contributed by atoms with van der Waals surface area (Å²) in [7, 11) is 1.24. The van der Waals surface area contributed by atoms with Gasteiger partial charge in [0, 0.05) is 14.0 Å². The van der Waals surface area contributed by atoms with Crippen LogP contribution in [0.1, 0.15) is 6.92 Å². The lowest BCUT2D eigenvalue weighted by atomic mass is 10.4. The van der Waals surface area contributed by atoms with E-state index in [2.05, 4.69) is 9.47 Å². The van der Waals surface area contributed by atoms with Gasteiger partial charge in [-0.2, -0.15) is 0 Å². The number of carboxylic acids is 1. The van der Waals surface area contributed by atoms with Crippen LogP contribution in [0.15, 0.2) is 0 Å². The molecule has 1 atom stereocenters. The van der Waals surface area contributed by atoms with Gasteiger partial charge in [-0.15, -0.1) is 0 Å². The van der Waals surface area contributed by atoms with Gasteiger partial charge in [-0.05, 0) is 0 Å². The number of aliphatic carboxylic acids is 1. The summed E-state index contributed by atoms with van der Waals surface area (Å²) in [6, 6.07) is 0. The molecule has 0 heterocycles. The number of carboxylic acid groups (broad SMARTS) is 1. The van der Waals surface area contributed by atoms with E-state index < -0.39 is 18.0 Å². The van der Waals surface area contributed by atoms with Crippen molar-refractivity contribution in [2.75, 3.05) is 13.7 Å². The number of hydrogen-bond donors (Lipinski definition) is 1. The molecule has 5 nitrogen and oxygen atoms in total. The van der Waals surface area contributed by atoms with Crippen LogP contribution in [0.5, 0.6) is 0 Å². The van der Waals surface area contributed by atoms with Crippen molar-refractivity contribution in [1.82, 2.24) is 0 Å². The molecule has 0 aromatic carbocycles. The summed E-state index contributed by atoms with van der Waals surface area (Å²) in [5.74, 6) is -1.66.